The fourth-order valence-electron chi connectivity index (χ4n) is 13.6. The van der Waals surface area contributed by atoms with Gasteiger partial charge < -0.3 is 19.1 Å². The van der Waals surface area contributed by atoms with Gasteiger partial charge in [0.1, 0.15) is 5.58 Å². The lowest BCUT2D eigenvalue weighted by Crippen LogP contribution is -2.62. The van der Waals surface area contributed by atoms with Crippen molar-refractivity contribution in [3.05, 3.63) is 191 Å². The van der Waals surface area contributed by atoms with Crippen molar-refractivity contribution in [2.45, 2.75) is 136 Å². The van der Waals surface area contributed by atoms with Crippen LogP contribution in [0.25, 0.3) is 21.9 Å². The fraction of sp³-hybridized carbons (Fsp3) is 0.304. The van der Waals surface area contributed by atoms with Crippen molar-refractivity contribution in [1.82, 2.24) is 0 Å². The molecular weight excluding hydrogens is 898 g/mol. The van der Waals surface area contributed by atoms with Gasteiger partial charge in [0.15, 0.2) is 5.58 Å². The Hall–Kier alpha value is -6.98. The molecule has 0 amide bonds. The second-order valence-electron chi connectivity index (χ2n) is 26.0. The van der Waals surface area contributed by atoms with Crippen LogP contribution >= 0.6 is 0 Å². The maximum absolute atomic E-state index is 7.22. The summed E-state index contributed by atoms with van der Waals surface area (Å²) in [5.41, 5.74) is 24.9. The van der Waals surface area contributed by atoms with Gasteiger partial charge in [-0.05, 0) is 188 Å². The Labute approximate surface area is 440 Å². The van der Waals surface area contributed by atoms with Crippen molar-refractivity contribution in [2.24, 2.45) is 0 Å². The molecule has 0 saturated heterocycles. The van der Waals surface area contributed by atoms with Crippen molar-refractivity contribution in [2.75, 3.05) is 14.7 Å². The number of anilines is 9. The monoisotopic (exact) mass is 968 g/mol. The van der Waals surface area contributed by atoms with Crippen LogP contribution in [0.5, 0.6) is 0 Å². The largest absolute Gasteiger partial charge is 0.454 e. The lowest BCUT2D eigenvalue weighted by Gasteiger charge is -2.48. The minimum absolute atomic E-state index is 0.0194. The fourth-order valence-corrected chi connectivity index (χ4v) is 13.6. The highest BCUT2D eigenvalue weighted by Crippen LogP contribution is 2.54. The molecule has 0 saturated carbocycles. The van der Waals surface area contributed by atoms with Crippen molar-refractivity contribution in [3.8, 4) is 0 Å². The van der Waals surface area contributed by atoms with E-state index in [9.17, 15) is 0 Å². The molecule has 0 spiro atoms. The number of benzene rings is 8. The highest BCUT2D eigenvalue weighted by molar-refractivity contribution is 7.00. The molecule has 4 nitrogen and oxygen atoms in total. The van der Waals surface area contributed by atoms with Crippen LogP contribution in [0, 0.1) is 6.92 Å². The molecule has 0 N–H and O–H groups in total. The number of hydrogen-bond acceptors (Lipinski definition) is 4. The maximum atomic E-state index is 7.22. The van der Waals surface area contributed by atoms with Gasteiger partial charge in [-0.25, -0.2) is 0 Å². The zero-order chi connectivity index (χ0) is 51.4. The van der Waals surface area contributed by atoms with E-state index < -0.39 is 0 Å². The highest BCUT2D eigenvalue weighted by atomic mass is 16.3. The molecule has 8 aromatic carbocycles. The van der Waals surface area contributed by atoms with Gasteiger partial charge in [-0.1, -0.05) is 155 Å². The molecule has 370 valence electrons. The first kappa shape index (κ1) is 46.8. The summed E-state index contributed by atoms with van der Waals surface area (Å²) in [4.78, 5) is 7.65. The molecule has 13 rings (SSSR count). The summed E-state index contributed by atoms with van der Waals surface area (Å²) >= 11 is 0. The lowest BCUT2D eigenvalue weighted by atomic mass is 9.33. The summed E-state index contributed by atoms with van der Waals surface area (Å²) in [6.07, 6.45) is 4.65. The second kappa shape index (κ2) is 16.0. The number of rotatable bonds is 5. The lowest BCUT2D eigenvalue weighted by molar-refractivity contribution is 0.332. The van der Waals surface area contributed by atoms with E-state index in [1.807, 2.05) is 0 Å². The highest BCUT2D eigenvalue weighted by Gasteiger charge is 2.48. The first-order chi connectivity index (χ1) is 35.2. The van der Waals surface area contributed by atoms with Gasteiger partial charge in [-0.15, -0.1) is 0 Å². The summed E-state index contributed by atoms with van der Waals surface area (Å²) in [5, 5.41) is 2.26. The molecule has 0 fully saturated rings. The molecule has 0 unspecified atom stereocenters. The smallest absolute Gasteiger partial charge is 0.252 e. The molecule has 4 aliphatic rings. The Morgan fingerprint density at radius 3 is 1.68 bits per heavy atom. The van der Waals surface area contributed by atoms with Crippen LogP contribution in [-0.2, 0) is 27.1 Å². The molecule has 2 aliphatic carbocycles. The third-order valence-corrected chi connectivity index (χ3v) is 18.1. The van der Waals surface area contributed by atoms with Crippen LogP contribution in [0.2, 0.25) is 0 Å². The third kappa shape index (κ3) is 7.08. The molecule has 74 heavy (non-hydrogen) atoms. The summed E-state index contributed by atoms with van der Waals surface area (Å²) < 4.78 is 7.22. The van der Waals surface area contributed by atoms with Crippen molar-refractivity contribution in [3.63, 3.8) is 0 Å². The molecule has 2 aliphatic heterocycles. The molecule has 1 aromatic heterocycles. The van der Waals surface area contributed by atoms with E-state index in [0.717, 1.165) is 69.6 Å². The van der Waals surface area contributed by atoms with E-state index >= 15 is 0 Å². The van der Waals surface area contributed by atoms with Crippen LogP contribution in [0.15, 0.2) is 162 Å². The predicted molar refractivity (Wildman–Crippen MR) is 316 cm³/mol. The van der Waals surface area contributed by atoms with Gasteiger partial charge in [-0.3, -0.25) is 0 Å². The molecule has 0 radical (unpaired) electrons. The zero-order valence-corrected chi connectivity index (χ0v) is 45.7. The Morgan fingerprint density at radius 2 is 1.04 bits per heavy atom. The normalized spacial score (nSPS) is 17.6. The third-order valence-electron chi connectivity index (χ3n) is 18.1. The van der Waals surface area contributed by atoms with E-state index in [2.05, 4.69) is 256 Å². The first-order valence-electron chi connectivity index (χ1n) is 27.3. The average molecular weight is 968 g/mol. The Kier molecular flexibility index (Phi) is 10.1. The van der Waals surface area contributed by atoms with Crippen LogP contribution < -0.4 is 31.1 Å². The van der Waals surface area contributed by atoms with Gasteiger partial charge in [0.2, 0.25) is 0 Å². The maximum Gasteiger partial charge on any atom is 0.252 e. The predicted octanol–water partition coefficient (Wildman–Crippen LogP) is 17.4. The van der Waals surface area contributed by atoms with Crippen molar-refractivity contribution in [1.29, 1.82) is 0 Å². The van der Waals surface area contributed by atoms with Crippen LogP contribution in [0.4, 0.5) is 51.2 Å². The van der Waals surface area contributed by atoms with Crippen molar-refractivity contribution < 1.29 is 4.42 Å². The van der Waals surface area contributed by atoms with Crippen molar-refractivity contribution >= 4 is 96.2 Å². The van der Waals surface area contributed by atoms with E-state index in [0.29, 0.717) is 0 Å². The van der Waals surface area contributed by atoms with Gasteiger partial charge in [0.05, 0.1) is 5.69 Å². The minimum atomic E-state index is -0.0441. The molecule has 0 bridgehead atoms. The molecule has 9 aromatic rings. The van der Waals surface area contributed by atoms with E-state index in [1.54, 1.807) is 0 Å². The standard InChI is InChI=1S/C69H70BN3O/c1-43-36-60-63-61(37-43)73(57-25-19-24-50-49-29-26-44(65(2,3)4)38-62(49)74-64(50)57)58-40-48(71(45-20-15-13-16-21-45)46-22-17-14-18-23-46)28-31-55(58)70(63)56-41-53-54(69(11,12)35-34-68(53,9)10)42-59(56)72(60)47-27-30-51-52(39-47)67(7,8)33-32-66(51,5)6/h13-31,36-42H,32-35H2,1-12H3. The van der Waals surface area contributed by atoms with E-state index in [4.69, 9.17) is 4.42 Å². The number of furan rings is 1. The second-order valence-corrected chi connectivity index (χ2v) is 26.0. The van der Waals surface area contributed by atoms with Crippen LogP contribution in [-0.4, -0.2) is 6.71 Å². The zero-order valence-electron chi connectivity index (χ0n) is 45.7. The number of fused-ring (bicyclic) bond motifs is 9. The summed E-state index contributed by atoms with van der Waals surface area (Å²) in [7, 11) is 0. The SMILES string of the molecule is Cc1cc2c3c(c1)N(c1cccc4c1oc1cc(C(C)(C)C)ccc14)c1cc(N(c4ccccc4)c4ccccc4)ccc1B3c1cc3c(cc1N2c1ccc2c(c1)C(C)(C)CCC2(C)C)C(C)(C)CCC3(C)C. The molecular formula is C69H70BN3O. The van der Waals surface area contributed by atoms with Crippen LogP contribution in [0.1, 0.15) is 135 Å². The number of nitrogens with zero attached hydrogens (tertiary/aromatic N) is 3. The van der Waals surface area contributed by atoms with Gasteiger partial charge in [0, 0.05) is 56.3 Å². The van der Waals surface area contributed by atoms with Crippen LogP contribution in [0.3, 0.4) is 0 Å². The molecule has 0 atom stereocenters. The molecule has 5 heteroatoms. The van der Waals surface area contributed by atoms with Gasteiger partial charge >= 0.3 is 0 Å². The number of para-hydroxylation sites is 3. The summed E-state index contributed by atoms with van der Waals surface area (Å²) in [6, 6.07) is 60.3. The number of hydrogen-bond donors (Lipinski definition) is 0. The average Bonchev–Trinajstić information content (AvgIpc) is 3.76. The quantitative estimate of drug-likeness (QED) is 0.160. The molecule has 3 heterocycles. The first-order valence-corrected chi connectivity index (χ1v) is 27.3. The summed E-state index contributed by atoms with van der Waals surface area (Å²) in [5.74, 6) is 0. The Morgan fingerprint density at radius 1 is 0.459 bits per heavy atom. The Balaban J connectivity index is 1.14. The van der Waals surface area contributed by atoms with E-state index in [1.165, 1.54) is 78.9 Å². The van der Waals surface area contributed by atoms with Gasteiger partial charge in [0.25, 0.3) is 6.71 Å². The number of aryl methyl sites for hydroxylation is 1. The van der Waals surface area contributed by atoms with Gasteiger partial charge in [-0.2, -0.15) is 0 Å². The summed E-state index contributed by atoms with van der Waals surface area (Å²) in [6.45, 7) is 28.8. The van der Waals surface area contributed by atoms with E-state index in [-0.39, 0.29) is 33.8 Å². The topological polar surface area (TPSA) is 22.9 Å². The Bertz CT molecular complexity index is 3720. The minimum Gasteiger partial charge on any atom is -0.454 e.